The maximum atomic E-state index is 12.9. The smallest absolute Gasteiger partial charge is 0.339 e. The van der Waals surface area contributed by atoms with Gasteiger partial charge >= 0.3 is 5.97 Å². The normalized spacial score (nSPS) is 27.9. The summed E-state index contributed by atoms with van der Waals surface area (Å²) in [6.07, 6.45) is 11.2. The molecule has 2 amide bonds. The number of ether oxygens (including phenoxy) is 2. The van der Waals surface area contributed by atoms with Crippen molar-refractivity contribution in [1.82, 2.24) is 10.2 Å². The monoisotopic (exact) mass is 687 g/mol. The fourth-order valence-electron chi connectivity index (χ4n) is 6.46. The third kappa shape index (κ3) is 8.12. The summed E-state index contributed by atoms with van der Waals surface area (Å²) in [6, 6.07) is 0. The first-order valence-corrected chi connectivity index (χ1v) is 16.3. The van der Waals surface area contributed by atoms with E-state index in [1.165, 1.54) is 26.0 Å². The number of likely N-dealkylation sites (N-methyl/N-ethyl adjacent to an activating group) is 1. The van der Waals surface area contributed by atoms with Crippen LogP contribution >= 0.6 is 0 Å². The van der Waals surface area contributed by atoms with Crippen molar-refractivity contribution < 1.29 is 44.1 Å². The second-order valence-corrected chi connectivity index (χ2v) is 13.5. The maximum absolute atomic E-state index is 12.9. The Balaban J connectivity index is 1.95. The molecular formula is C36H53N3O10. The number of rotatable bonds is 16. The van der Waals surface area contributed by atoms with E-state index in [2.05, 4.69) is 5.32 Å². The zero-order valence-electron chi connectivity index (χ0n) is 30.2. The van der Waals surface area contributed by atoms with E-state index in [4.69, 9.17) is 9.47 Å². The number of amides is 2. The molecule has 49 heavy (non-hydrogen) atoms. The standard InChI is InChI=1S/C36H53N3O10/c1-22(26(5)39(46)47)17-13-11-14-18-23(2)30(41)34(7,8)32(43)37-20-16-12-15-19-28(40)24(3)21-29(48-10)36(45)25(4)31(42)38(9)35(36)27(6)49-33(35)44/h11-19,24-25,27-30,40-41,45H,20-21H2,1-10H3,(H,37,43)/b14-11-,16-12+,17-13+,19-15+,23-18-,26-22+/t24-,25+,27+,28?,29?,30+,35?,36?/m0/s1. The van der Waals surface area contributed by atoms with Gasteiger partial charge in [-0.25, -0.2) is 4.79 Å². The quantitative estimate of drug-likeness (QED) is 0.0812. The Bertz CT molecular complexity index is 1440. The predicted molar refractivity (Wildman–Crippen MR) is 184 cm³/mol. The minimum absolute atomic E-state index is 0.0567. The number of cyclic esters (lactones) is 1. The van der Waals surface area contributed by atoms with Gasteiger partial charge in [0.1, 0.15) is 11.7 Å². The van der Waals surface area contributed by atoms with Crippen LogP contribution in [0.4, 0.5) is 0 Å². The molecule has 13 heteroatoms. The van der Waals surface area contributed by atoms with Crippen molar-refractivity contribution in [1.29, 1.82) is 0 Å². The van der Waals surface area contributed by atoms with Crippen LogP contribution in [0.3, 0.4) is 0 Å². The lowest BCUT2D eigenvalue weighted by Crippen LogP contribution is -2.80. The topological polar surface area (TPSA) is 189 Å². The molecule has 0 aromatic rings. The zero-order chi connectivity index (χ0) is 37.5. The molecule has 2 aliphatic rings. The molecule has 8 atom stereocenters. The number of carbonyl (C=O) groups is 3. The van der Waals surface area contributed by atoms with Gasteiger partial charge in [0.15, 0.2) is 0 Å². The second kappa shape index (κ2) is 16.7. The minimum Gasteiger partial charge on any atom is -0.457 e. The Morgan fingerprint density at radius 3 is 2.33 bits per heavy atom. The van der Waals surface area contributed by atoms with Crippen molar-refractivity contribution in [2.24, 2.45) is 17.3 Å². The van der Waals surface area contributed by atoms with Gasteiger partial charge in [0, 0.05) is 33.2 Å². The van der Waals surface area contributed by atoms with Crippen LogP contribution in [0, 0.1) is 27.4 Å². The molecule has 0 aromatic heterocycles. The van der Waals surface area contributed by atoms with Gasteiger partial charge in [-0.05, 0) is 52.5 Å². The van der Waals surface area contributed by atoms with Gasteiger partial charge in [-0.3, -0.25) is 19.7 Å². The SMILES string of the molecule is COC(C[C@H](C)C(O)/C=C/C=C/CNC(=O)C(C)(C)[C@H](O)\C(C)=C/C=C\C=C\C(C)=C(/C)[N+](=O)[O-])C1(O)[C@H](C)C(=O)N(C)C12C(=O)O[C@@H]2C. The summed E-state index contributed by atoms with van der Waals surface area (Å²) in [5.41, 5.74) is -3.46. The zero-order valence-corrected chi connectivity index (χ0v) is 30.2. The van der Waals surface area contributed by atoms with Gasteiger partial charge in [-0.15, -0.1) is 0 Å². The molecule has 2 heterocycles. The number of nitro groups is 1. The molecule has 2 rings (SSSR count). The fourth-order valence-corrected chi connectivity index (χ4v) is 6.46. The lowest BCUT2D eigenvalue weighted by atomic mass is 9.65. The lowest BCUT2D eigenvalue weighted by Gasteiger charge is -2.55. The molecule has 0 saturated carbocycles. The number of carbonyl (C=O) groups excluding carboxylic acids is 3. The van der Waals surface area contributed by atoms with Crippen LogP contribution in [0.15, 0.2) is 71.5 Å². The highest BCUT2D eigenvalue weighted by Crippen LogP contribution is 2.54. The molecule has 4 N–H and O–H groups in total. The second-order valence-electron chi connectivity index (χ2n) is 13.5. The van der Waals surface area contributed by atoms with E-state index in [9.17, 15) is 39.8 Å². The summed E-state index contributed by atoms with van der Waals surface area (Å²) in [4.78, 5) is 50.2. The number of methoxy groups -OCH3 is 1. The van der Waals surface area contributed by atoms with Gasteiger partial charge < -0.3 is 35.0 Å². The molecule has 0 aliphatic carbocycles. The van der Waals surface area contributed by atoms with E-state index in [-0.39, 0.29) is 24.6 Å². The third-order valence-corrected chi connectivity index (χ3v) is 10.0. The van der Waals surface area contributed by atoms with Crippen LogP contribution in [0.5, 0.6) is 0 Å². The highest BCUT2D eigenvalue weighted by molar-refractivity contribution is 5.99. The van der Waals surface area contributed by atoms with E-state index in [1.54, 1.807) is 103 Å². The van der Waals surface area contributed by atoms with Crippen LogP contribution in [0.2, 0.25) is 0 Å². The summed E-state index contributed by atoms with van der Waals surface area (Å²) in [5.74, 6) is -2.82. The van der Waals surface area contributed by atoms with Gasteiger partial charge in [0.25, 0.3) is 0 Å². The molecule has 2 saturated heterocycles. The van der Waals surface area contributed by atoms with Gasteiger partial charge in [0.05, 0.1) is 34.6 Å². The van der Waals surface area contributed by atoms with Crippen LogP contribution < -0.4 is 5.32 Å². The Labute approximate surface area is 288 Å². The van der Waals surface area contributed by atoms with Gasteiger partial charge in [-0.2, -0.15) is 0 Å². The van der Waals surface area contributed by atoms with Crippen molar-refractivity contribution in [2.45, 2.75) is 97.4 Å². The van der Waals surface area contributed by atoms with Crippen molar-refractivity contribution in [3.63, 3.8) is 0 Å². The first-order valence-electron chi connectivity index (χ1n) is 16.3. The molecule has 2 fully saturated rings. The van der Waals surface area contributed by atoms with Crippen molar-refractivity contribution in [3.05, 3.63) is 81.6 Å². The van der Waals surface area contributed by atoms with E-state index >= 15 is 0 Å². The van der Waals surface area contributed by atoms with Gasteiger partial charge in [0.2, 0.25) is 23.1 Å². The average Bonchev–Trinajstić information content (AvgIpc) is 3.22. The number of aliphatic hydroxyl groups is 3. The van der Waals surface area contributed by atoms with E-state index in [0.29, 0.717) is 11.1 Å². The number of hydrogen-bond acceptors (Lipinski definition) is 10. The van der Waals surface area contributed by atoms with Crippen LogP contribution in [-0.2, 0) is 23.9 Å². The number of esters is 1. The van der Waals surface area contributed by atoms with Crippen molar-refractivity contribution >= 4 is 17.8 Å². The summed E-state index contributed by atoms with van der Waals surface area (Å²) >= 11 is 0. The predicted octanol–water partition coefficient (Wildman–Crippen LogP) is 3.16. The van der Waals surface area contributed by atoms with Crippen molar-refractivity contribution in [2.75, 3.05) is 20.7 Å². The molecule has 0 aromatic carbocycles. The van der Waals surface area contributed by atoms with E-state index < -0.39 is 69.6 Å². The molecule has 13 nitrogen and oxygen atoms in total. The van der Waals surface area contributed by atoms with Crippen molar-refractivity contribution in [3.8, 4) is 0 Å². The van der Waals surface area contributed by atoms with E-state index in [0.717, 1.165) is 0 Å². The number of likely N-dealkylation sites (tertiary alicyclic amines) is 1. The number of allylic oxidation sites excluding steroid dienone is 9. The lowest BCUT2D eigenvalue weighted by molar-refractivity contribution is -0.425. The summed E-state index contributed by atoms with van der Waals surface area (Å²) < 4.78 is 10.9. The van der Waals surface area contributed by atoms with Crippen LogP contribution in [-0.4, -0.2) is 99.2 Å². The molecule has 2 aliphatic heterocycles. The number of nitrogens with one attached hydrogen (secondary N) is 1. The maximum Gasteiger partial charge on any atom is 0.339 e. The fraction of sp³-hybridized carbons (Fsp3) is 0.583. The summed E-state index contributed by atoms with van der Waals surface area (Å²) in [6.45, 7) is 13.2. The number of aliphatic hydroxyl groups excluding tert-OH is 2. The minimum atomic E-state index is -1.87. The Hall–Kier alpha value is -3.91. The highest BCUT2D eigenvalue weighted by atomic mass is 16.6. The first-order chi connectivity index (χ1) is 22.7. The molecule has 4 unspecified atom stereocenters. The number of nitrogens with zero attached hydrogens (tertiary/aromatic N) is 2. The van der Waals surface area contributed by atoms with E-state index in [1.807, 2.05) is 0 Å². The van der Waals surface area contributed by atoms with Crippen LogP contribution in [0.1, 0.15) is 61.8 Å². The Kier molecular flexibility index (Phi) is 14.0. The molecule has 0 radical (unpaired) electrons. The first kappa shape index (κ1) is 41.3. The third-order valence-electron chi connectivity index (χ3n) is 10.0. The largest absolute Gasteiger partial charge is 0.457 e. The molecule has 0 bridgehead atoms. The van der Waals surface area contributed by atoms with Crippen LogP contribution in [0.25, 0.3) is 0 Å². The Morgan fingerprint density at radius 1 is 1.14 bits per heavy atom. The Morgan fingerprint density at radius 2 is 1.78 bits per heavy atom. The average molecular weight is 688 g/mol. The molecule has 272 valence electrons. The summed E-state index contributed by atoms with van der Waals surface area (Å²) in [7, 11) is 2.87. The highest BCUT2D eigenvalue weighted by Gasteiger charge is 2.80. The summed E-state index contributed by atoms with van der Waals surface area (Å²) in [5, 5.41) is 47.2. The molecular weight excluding hydrogens is 634 g/mol. The number of hydrogen-bond donors (Lipinski definition) is 4. The molecule has 1 spiro atoms. The van der Waals surface area contributed by atoms with Gasteiger partial charge in [-0.1, -0.05) is 68.5 Å².